The number of anilines is 2. The number of carbonyl (C=O) groups excluding carboxylic acids is 2. The monoisotopic (exact) mass is 354 g/mol. The maximum atomic E-state index is 12.5. The minimum Gasteiger partial charge on any atom is -0.508 e. The molecule has 7 heteroatoms. The molecule has 0 aromatic heterocycles. The van der Waals surface area contributed by atoms with E-state index in [1.165, 1.54) is 12.1 Å². The second kappa shape index (κ2) is 6.59. The number of rotatable bonds is 3. The standard InChI is InChI=1S/C19H18N2O5/c22-15-4-1-13(2-5-15)20-19(24)12-9-18(23)21(11-12)14-3-6-16-17(10-14)26-8-7-25-16/h1-6,10,12,22H,7-9,11H2,(H,20,24). The Morgan fingerprint density at radius 2 is 1.81 bits per heavy atom. The molecule has 7 nitrogen and oxygen atoms in total. The molecule has 2 aromatic rings. The second-order valence-electron chi connectivity index (χ2n) is 6.27. The molecule has 134 valence electrons. The molecule has 0 aliphatic carbocycles. The number of hydrogen-bond donors (Lipinski definition) is 2. The zero-order chi connectivity index (χ0) is 18.1. The van der Waals surface area contributed by atoms with Crippen molar-refractivity contribution in [2.45, 2.75) is 6.42 Å². The van der Waals surface area contributed by atoms with Gasteiger partial charge < -0.3 is 24.8 Å². The highest BCUT2D eigenvalue weighted by atomic mass is 16.6. The summed E-state index contributed by atoms with van der Waals surface area (Å²) in [5, 5.41) is 12.1. The number of phenols is 1. The normalized spacial score (nSPS) is 18.7. The van der Waals surface area contributed by atoms with Gasteiger partial charge in [-0.25, -0.2) is 0 Å². The average molecular weight is 354 g/mol. The smallest absolute Gasteiger partial charge is 0.229 e. The van der Waals surface area contributed by atoms with Gasteiger partial charge in [0.15, 0.2) is 11.5 Å². The number of fused-ring (bicyclic) bond motifs is 1. The first kappa shape index (κ1) is 16.3. The van der Waals surface area contributed by atoms with Gasteiger partial charge in [-0.2, -0.15) is 0 Å². The highest BCUT2D eigenvalue weighted by Crippen LogP contribution is 2.36. The number of amides is 2. The summed E-state index contributed by atoms with van der Waals surface area (Å²) in [6, 6.07) is 11.6. The van der Waals surface area contributed by atoms with Crippen molar-refractivity contribution in [2.75, 3.05) is 30.0 Å². The first-order valence-electron chi connectivity index (χ1n) is 8.40. The van der Waals surface area contributed by atoms with Crippen molar-refractivity contribution in [1.82, 2.24) is 0 Å². The van der Waals surface area contributed by atoms with Crippen LogP contribution in [0, 0.1) is 5.92 Å². The molecule has 1 atom stereocenters. The fourth-order valence-corrected chi connectivity index (χ4v) is 3.12. The van der Waals surface area contributed by atoms with Crippen LogP contribution in [0.4, 0.5) is 11.4 Å². The molecule has 0 radical (unpaired) electrons. The summed E-state index contributed by atoms with van der Waals surface area (Å²) in [5.41, 5.74) is 1.28. The van der Waals surface area contributed by atoms with Crippen molar-refractivity contribution in [3.05, 3.63) is 42.5 Å². The molecular weight excluding hydrogens is 336 g/mol. The van der Waals surface area contributed by atoms with E-state index in [1.807, 2.05) is 0 Å². The molecule has 2 heterocycles. The summed E-state index contributed by atoms with van der Waals surface area (Å²) in [6.45, 7) is 1.29. The zero-order valence-corrected chi connectivity index (χ0v) is 14.0. The van der Waals surface area contributed by atoms with E-state index in [9.17, 15) is 14.7 Å². The molecule has 1 unspecified atom stereocenters. The molecule has 26 heavy (non-hydrogen) atoms. The van der Waals surface area contributed by atoms with Crippen molar-refractivity contribution >= 4 is 23.2 Å². The van der Waals surface area contributed by atoms with Crippen LogP contribution in [0.1, 0.15) is 6.42 Å². The van der Waals surface area contributed by atoms with Crippen LogP contribution >= 0.6 is 0 Å². The SMILES string of the molecule is O=C(Nc1ccc(O)cc1)C1CC(=O)N(c2ccc3c(c2)OCCO3)C1. The zero-order valence-electron chi connectivity index (χ0n) is 14.0. The van der Waals surface area contributed by atoms with E-state index in [2.05, 4.69) is 5.32 Å². The average Bonchev–Trinajstić information content (AvgIpc) is 3.05. The third-order valence-corrected chi connectivity index (χ3v) is 4.47. The molecule has 0 spiro atoms. The van der Waals surface area contributed by atoms with Gasteiger partial charge in [-0.05, 0) is 36.4 Å². The van der Waals surface area contributed by atoms with E-state index in [1.54, 1.807) is 35.2 Å². The van der Waals surface area contributed by atoms with Crippen LogP contribution in [0.25, 0.3) is 0 Å². The summed E-state index contributed by atoms with van der Waals surface area (Å²) >= 11 is 0. The molecule has 2 aliphatic heterocycles. The molecule has 0 bridgehead atoms. The predicted octanol–water partition coefficient (Wildman–Crippen LogP) is 2.16. The first-order valence-corrected chi connectivity index (χ1v) is 8.40. The molecule has 4 rings (SSSR count). The summed E-state index contributed by atoms with van der Waals surface area (Å²) in [5.74, 6) is 0.636. The molecule has 1 fully saturated rings. The van der Waals surface area contributed by atoms with E-state index >= 15 is 0 Å². The molecule has 0 saturated carbocycles. The van der Waals surface area contributed by atoms with Crippen LogP contribution in [0.2, 0.25) is 0 Å². The van der Waals surface area contributed by atoms with Crippen molar-refractivity contribution in [3.8, 4) is 17.2 Å². The Balaban J connectivity index is 1.46. The summed E-state index contributed by atoms with van der Waals surface area (Å²) in [7, 11) is 0. The second-order valence-corrected chi connectivity index (χ2v) is 6.27. The van der Waals surface area contributed by atoms with Crippen LogP contribution in [0.15, 0.2) is 42.5 Å². The minimum absolute atomic E-state index is 0.104. The minimum atomic E-state index is -0.440. The number of nitrogens with one attached hydrogen (secondary N) is 1. The Hall–Kier alpha value is -3.22. The lowest BCUT2D eigenvalue weighted by Crippen LogP contribution is -2.28. The Morgan fingerprint density at radius 1 is 1.08 bits per heavy atom. The van der Waals surface area contributed by atoms with Gasteiger partial charge in [-0.3, -0.25) is 9.59 Å². The molecule has 2 N–H and O–H groups in total. The maximum Gasteiger partial charge on any atom is 0.229 e. The summed E-state index contributed by atoms with van der Waals surface area (Å²) in [6.07, 6.45) is 0.151. The Bertz CT molecular complexity index is 850. The molecule has 2 aromatic carbocycles. The topological polar surface area (TPSA) is 88.1 Å². The van der Waals surface area contributed by atoms with Gasteiger partial charge in [0, 0.05) is 30.4 Å². The largest absolute Gasteiger partial charge is 0.508 e. The van der Waals surface area contributed by atoms with Crippen LogP contribution in [0.3, 0.4) is 0 Å². The van der Waals surface area contributed by atoms with E-state index < -0.39 is 5.92 Å². The Kier molecular flexibility index (Phi) is 4.12. The number of benzene rings is 2. The molecule has 2 amide bonds. The highest BCUT2D eigenvalue weighted by Gasteiger charge is 2.35. The number of phenolic OH excluding ortho intramolecular Hbond substituents is 1. The number of nitrogens with zero attached hydrogens (tertiary/aromatic N) is 1. The van der Waals surface area contributed by atoms with Crippen molar-refractivity contribution in [2.24, 2.45) is 5.92 Å². The molecule has 2 aliphatic rings. The van der Waals surface area contributed by atoms with E-state index in [0.29, 0.717) is 42.6 Å². The summed E-state index contributed by atoms with van der Waals surface area (Å²) in [4.78, 5) is 26.4. The van der Waals surface area contributed by atoms with Gasteiger partial charge in [0.2, 0.25) is 11.8 Å². The number of aromatic hydroxyl groups is 1. The van der Waals surface area contributed by atoms with E-state index in [4.69, 9.17) is 9.47 Å². The number of ether oxygens (including phenoxy) is 2. The lowest BCUT2D eigenvalue weighted by molar-refractivity contribution is -0.122. The lowest BCUT2D eigenvalue weighted by Gasteiger charge is -2.22. The van der Waals surface area contributed by atoms with Gasteiger partial charge in [0.1, 0.15) is 19.0 Å². The first-order chi connectivity index (χ1) is 12.6. The third-order valence-electron chi connectivity index (χ3n) is 4.47. The van der Waals surface area contributed by atoms with Crippen molar-refractivity contribution in [1.29, 1.82) is 0 Å². The fourth-order valence-electron chi connectivity index (χ4n) is 3.12. The lowest BCUT2D eigenvalue weighted by atomic mass is 10.1. The van der Waals surface area contributed by atoms with Gasteiger partial charge in [-0.15, -0.1) is 0 Å². The van der Waals surface area contributed by atoms with Gasteiger partial charge in [0.05, 0.1) is 5.92 Å². The van der Waals surface area contributed by atoms with Crippen LogP contribution in [0.5, 0.6) is 17.2 Å². The van der Waals surface area contributed by atoms with Crippen LogP contribution < -0.4 is 19.7 Å². The van der Waals surface area contributed by atoms with E-state index in [0.717, 1.165) is 0 Å². The number of hydrogen-bond acceptors (Lipinski definition) is 5. The fraction of sp³-hybridized carbons (Fsp3) is 0.263. The van der Waals surface area contributed by atoms with Gasteiger partial charge in [-0.1, -0.05) is 0 Å². The molecular formula is C19H18N2O5. The van der Waals surface area contributed by atoms with E-state index in [-0.39, 0.29) is 24.0 Å². The van der Waals surface area contributed by atoms with Crippen molar-refractivity contribution in [3.63, 3.8) is 0 Å². The maximum absolute atomic E-state index is 12.5. The van der Waals surface area contributed by atoms with Gasteiger partial charge >= 0.3 is 0 Å². The van der Waals surface area contributed by atoms with Crippen LogP contribution in [-0.2, 0) is 9.59 Å². The summed E-state index contributed by atoms with van der Waals surface area (Å²) < 4.78 is 11.1. The highest BCUT2D eigenvalue weighted by molar-refractivity contribution is 6.03. The number of carbonyl (C=O) groups is 2. The predicted molar refractivity (Wildman–Crippen MR) is 94.6 cm³/mol. The quantitative estimate of drug-likeness (QED) is 0.825. The Labute approximate surface area is 150 Å². The third kappa shape index (κ3) is 3.15. The van der Waals surface area contributed by atoms with Crippen molar-refractivity contribution < 1.29 is 24.2 Å². The van der Waals surface area contributed by atoms with Crippen LogP contribution in [-0.4, -0.2) is 36.7 Å². The Morgan fingerprint density at radius 3 is 2.58 bits per heavy atom. The van der Waals surface area contributed by atoms with Gasteiger partial charge in [0.25, 0.3) is 0 Å². The molecule has 1 saturated heterocycles.